The van der Waals surface area contributed by atoms with E-state index in [0.29, 0.717) is 17.3 Å². The number of rotatable bonds is 3. The molecule has 0 spiro atoms. The number of carbonyl (C=O) groups excluding carboxylic acids is 1. The van der Waals surface area contributed by atoms with Gasteiger partial charge in [0.1, 0.15) is 5.69 Å². The normalized spacial score (nSPS) is 23.8. The van der Waals surface area contributed by atoms with Gasteiger partial charge < -0.3 is 11.1 Å². The van der Waals surface area contributed by atoms with Crippen LogP contribution in [0.3, 0.4) is 0 Å². The number of amides is 1. The number of amidine groups is 1. The number of halogens is 3. The van der Waals surface area contributed by atoms with Gasteiger partial charge in [-0.15, -0.1) is 0 Å². The Hall–Kier alpha value is -2.19. The number of benzene rings is 1. The van der Waals surface area contributed by atoms with E-state index in [-0.39, 0.29) is 27.9 Å². The second kappa shape index (κ2) is 7.91. The van der Waals surface area contributed by atoms with Crippen LogP contribution in [0.15, 0.2) is 35.5 Å². The Bertz CT molecular complexity index is 1000. The summed E-state index contributed by atoms with van der Waals surface area (Å²) < 4.78 is 29.5. The first-order valence-corrected chi connectivity index (χ1v) is 10.7. The third kappa shape index (κ3) is 3.71. The van der Waals surface area contributed by atoms with E-state index >= 15 is 0 Å². The summed E-state index contributed by atoms with van der Waals surface area (Å²) in [4.78, 5) is 21.1. The summed E-state index contributed by atoms with van der Waals surface area (Å²) in [6.45, 7) is 0. The minimum Gasteiger partial charge on any atom is -0.379 e. The Morgan fingerprint density at radius 3 is 2.97 bits per heavy atom. The van der Waals surface area contributed by atoms with E-state index in [1.54, 1.807) is 6.07 Å². The average molecular weight is 437 g/mol. The first-order chi connectivity index (χ1) is 13.9. The number of hydrogen-bond donors (Lipinski definition) is 2. The lowest BCUT2D eigenvalue weighted by molar-refractivity contribution is 0.102. The van der Waals surface area contributed by atoms with Crippen molar-refractivity contribution in [3.63, 3.8) is 0 Å². The molecule has 2 aromatic rings. The summed E-state index contributed by atoms with van der Waals surface area (Å²) in [5.41, 5.74) is 5.31. The van der Waals surface area contributed by atoms with Crippen molar-refractivity contribution in [1.29, 1.82) is 0 Å². The molecular formula is C20H19ClF2N4OS. The van der Waals surface area contributed by atoms with Crippen LogP contribution in [0.2, 0.25) is 5.02 Å². The van der Waals surface area contributed by atoms with Crippen molar-refractivity contribution < 1.29 is 13.6 Å². The molecule has 5 nitrogen and oxygen atoms in total. The quantitative estimate of drug-likeness (QED) is 0.730. The van der Waals surface area contributed by atoms with Crippen molar-refractivity contribution in [2.24, 2.45) is 16.6 Å². The number of fused-ring (bicyclic) bond motifs is 1. The van der Waals surface area contributed by atoms with E-state index < -0.39 is 23.1 Å². The summed E-state index contributed by atoms with van der Waals surface area (Å²) >= 11 is 7.45. The molecule has 1 saturated carbocycles. The summed E-state index contributed by atoms with van der Waals surface area (Å²) in [5, 5.41) is 3.11. The molecule has 0 saturated heterocycles. The number of nitrogens with two attached hydrogens (primary N) is 1. The Labute approximate surface area is 176 Å². The van der Waals surface area contributed by atoms with Gasteiger partial charge in [0.05, 0.1) is 10.6 Å². The number of aliphatic imine (C=N–C) groups is 1. The van der Waals surface area contributed by atoms with Gasteiger partial charge in [0.15, 0.2) is 16.8 Å². The number of aromatic nitrogens is 1. The maximum atomic E-state index is 14.9. The fourth-order valence-corrected chi connectivity index (χ4v) is 5.39. The molecule has 1 aromatic heterocycles. The highest BCUT2D eigenvalue weighted by Crippen LogP contribution is 2.50. The summed E-state index contributed by atoms with van der Waals surface area (Å²) in [5.74, 6) is -1.84. The monoisotopic (exact) mass is 436 g/mol. The van der Waals surface area contributed by atoms with Gasteiger partial charge in [0.25, 0.3) is 5.91 Å². The fourth-order valence-electron chi connectivity index (χ4n) is 4.15. The van der Waals surface area contributed by atoms with Crippen molar-refractivity contribution in [2.75, 3.05) is 11.1 Å². The second-order valence-electron chi connectivity index (χ2n) is 7.24. The van der Waals surface area contributed by atoms with Crippen LogP contribution >= 0.6 is 23.4 Å². The standard InChI is InChI=1S/C20H19ClF2N4OS/c21-14-5-3-7-25-17(14)18(28)26-12-8-13(16(23)15(22)9-12)20-6-2-1-4-11(20)10-29-19(24)27-20/h3,5,7-9,11H,1-2,4,6,10H2,(H2,24,27)(H,26,28)/t11-,20-/m0/s1. The van der Waals surface area contributed by atoms with Gasteiger partial charge in [-0.1, -0.05) is 36.2 Å². The molecule has 4 rings (SSSR count). The first kappa shape index (κ1) is 20.1. The number of thioether (sulfide) groups is 1. The van der Waals surface area contributed by atoms with Crippen LogP contribution in [0.4, 0.5) is 14.5 Å². The van der Waals surface area contributed by atoms with Gasteiger partial charge in [-0.3, -0.25) is 9.79 Å². The lowest BCUT2D eigenvalue weighted by atomic mass is 9.69. The van der Waals surface area contributed by atoms with E-state index in [2.05, 4.69) is 15.3 Å². The molecule has 0 radical (unpaired) electrons. The molecule has 1 aliphatic heterocycles. The third-order valence-electron chi connectivity index (χ3n) is 5.50. The van der Waals surface area contributed by atoms with Crippen molar-refractivity contribution in [2.45, 2.75) is 31.2 Å². The number of nitrogens with one attached hydrogen (secondary N) is 1. The Morgan fingerprint density at radius 1 is 1.34 bits per heavy atom. The molecule has 3 N–H and O–H groups in total. The average Bonchev–Trinajstić information content (AvgIpc) is 2.70. The van der Waals surface area contributed by atoms with Crippen molar-refractivity contribution in [1.82, 2.24) is 4.98 Å². The van der Waals surface area contributed by atoms with Gasteiger partial charge in [-0.25, -0.2) is 13.8 Å². The molecule has 1 fully saturated rings. The molecule has 29 heavy (non-hydrogen) atoms. The first-order valence-electron chi connectivity index (χ1n) is 9.30. The minimum absolute atomic E-state index is 0.00508. The Kier molecular flexibility index (Phi) is 5.48. The molecule has 2 heterocycles. The molecule has 1 aromatic carbocycles. The van der Waals surface area contributed by atoms with Crippen molar-refractivity contribution in [3.05, 3.63) is 58.4 Å². The maximum absolute atomic E-state index is 14.9. The molecule has 2 atom stereocenters. The fraction of sp³-hybridized carbons (Fsp3) is 0.350. The van der Waals surface area contributed by atoms with Crippen LogP contribution in [0.1, 0.15) is 41.7 Å². The zero-order chi connectivity index (χ0) is 20.6. The molecule has 0 bridgehead atoms. The Balaban J connectivity index is 1.75. The van der Waals surface area contributed by atoms with Gasteiger partial charge in [0, 0.05) is 29.3 Å². The summed E-state index contributed by atoms with van der Waals surface area (Å²) in [6, 6.07) is 5.54. The van der Waals surface area contributed by atoms with Crippen LogP contribution in [0, 0.1) is 17.6 Å². The van der Waals surface area contributed by atoms with E-state index in [1.165, 1.54) is 30.1 Å². The molecule has 1 amide bonds. The highest BCUT2D eigenvalue weighted by atomic mass is 35.5. The van der Waals surface area contributed by atoms with Gasteiger partial charge in [0.2, 0.25) is 0 Å². The van der Waals surface area contributed by atoms with Crippen LogP contribution in [0.25, 0.3) is 0 Å². The van der Waals surface area contributed by atoms with Crippen LogP contribution < -0.4 is 11.1 Å². The molecule has 2 aliphatic rings. The maximum Gasteiger partial charge on any atom is 0.275 e. The second-order valence-corrected chi connectivity index (χ2v) is 8.68. The SMILES string of the molecule is NC1=N[C@@]2(c3cc(NC(=O)c4ncccc4Cl)cc(F)c3F)CCCC[C@H]2CS1. The highest BCUT2D eigenvalue weighted by Gasteiger charge is 2.46. The van der Waals surface area contributed by atoms with E-state index in [4.69, 9.17) is 17.3 Å². The zero-order valence-corrected chi connectivity index (χ0v) is 17.0. The van der Waals surface area contributed by atoms with Crippen molar-refractivity contribution in [3.8, 4) is 0 Å². The summed E-state index contributed by atoms with van der Waals surface area (Å²) in [6.07, 6.45) is 4.74. The minimum atomic E-state index is -1.05. The predicted octanol–water partition coefficient (Wildman–Crippen LogP) is 4.71. The molecular weight excluding hydrogens is 418 g/mol. The number of nitrogens with zero attached hydrogens (tertiary/aromatic N) is 2. The number of carbonyl (C=O) groups is 1. The van der Waals surface area contributed by atoms with Crippen LogP contribution in [-0.2, 0) is 5.54 Å². The smallest absolute Gasteiger partial charge is 0.275 e. The predicted molar refractivity (Wildman–Crippen MR) is 111 cm³/mol. The van der Waals surface area contributed by atoms with E-state index in [1.807, 2.05) is 0 Å². The molecule has 0 unspecified atom stereocenters. The van der Waals surface area contributed by atoms with Crippen molar-refractivity contribution >= 4 is 40.1 Å². The molecule has 9 heteroatoms. The van der Waals surface area contributed by atoms with E-state index in [9.17, 15) is 13.6 Å². The zero-order valence-electron chi connectivity index (χ0n) is 15.4. The van der Waals surface area contributed by atoms with Crippen LogP contribution in [0.5, 0.6) is 0 Å². The lowest BCUT2D eigenvalue weighted by Gasteiger charge is -2.44. The highest BCUT2D eigenvalue weighted by molar-refractivity contribution is 8.13. The number of hydrogen-bond acceptors (Lipinski definition) is 5. The topological polar surface area (TPSA) is 80.4 Å². The molecule has 1 aliphatic carbocycles. The lowest BCUT2D eigenvalue weighted by Crippen LogP contribution is -2.43. The molecule has 152 valence electrons. The number of pyridine rings is 1. The number of anilines is 1. The van der Waals surface area contributed by atoms with E-state index in [0.717, 1.165) is 25.3 Å². The Morgan fingerprint density at radius 2 is 2.17 bits per heavy atom. The largest absolute Gasteiger partial charge is 0.379 e. The van der Waals surface area contributed by atoms with Gasteiger partial charge in [-0.2, -0.15) is 0 Å². The third-order valence-corrected chi connectivity index (χ3v) is 6.77. The van der Waals surface area contributed by atoms with Gasteiger partial charge in [-0.05, 0) is 37.0 Å². The van der Waals surface area contributed by atoms with Gasteiger partial charge >= 0.3 is 0 Å². The summed E-state index contributed by atoms with van der Waals surface area (Å²) in [7, 11) is 0. The van der Waals surface area contributed by atoms with Crippen LogP contribution in [-0.4, -0.2) is 21.8 Å².